The quantitative estimate of drug-likeness (QED) is 0.531. The lowest BCUT2D eigenvalue weighted by atomic mass is 9.86. The number of aromatic nitrogens is 1. The number of halogens is 1. The van der Waals surface area contributed by atoms with Gasteiger partial charge in [-0.25, -0.2) is 0 Å². The van der Waals surface area contributed by atoms with Crippen LogP contribution in [0.3, 0.4) is 0 Å². The van der Waals surface area contributed by atoms with Gasteiger partial charge in [-0.3, -0.25) is 4.79 Å². The van der Waals surface area contributed by atoms with Gasteiger partial charge >= 0.3 is 0 Å². The number of fused-ring (bicyclic) bond motifs is 2. The van der Waals surface area contributed by atoms with Crippen LogP contribution >= 0.6 is 11.6 Å². The Bertz CT molecular complexity index is 1050. The third-order valence-electron chi connectivity index (χ3n) is 4.86. The number of nitrogens with two attached hydrogens (primary N) is 1. The lowest BCUT2D eigenvalue weighted by Crippen LogP contribution is -2.39. The van der Waals surface area contributed by atoms with Crippen molar-refractivity contribution in [1.82, 2.24) is 0 Å². The molecule has 0 saturated carbocycles. The van der Waals surface area contributed by atoms with E-state index in [9.17, 15) is 4.79 Å². The molecule has 0 bridgehead atoms. The molecule has 1 aliphatic rings. The van der Waals surface area contributed by atoms with E-state index in [1.807, 2.05) is 61.7 Å². The van der Waals surface area contributed by atoms with E-state index in [0.717, 1.165) is 34.2 Å². The van der Waals surface area contributed by atoms with Crippen LogP contribution in [0, 0.1) is 0 Å². The number of carbonyl (C=O) groups excluding carboxylic acids is 1. The zero-order valence-electron chi connectivity index (χ0n) is 13.9. The van der Waals surface area contributed by atoms with Gasteiger partial charge in [0, 0.05) is 23.1 Å². The maximum absolute atomic E-state index is 13.1. The van der Waals surface area contributed by atoms with Crippen LogP contribution in [0.2, 0.25) is 5.02 Å². The Kier molecular flexibility index (Phi) is 3.81. The lowest BCUT2D eigenvalue weighted by Gasteiger charge is -2.18. The molecule has 0 atom stereocenters. The van der Waals surface area contributed by atoms with Crippen molar-refractivity contribution in [2.24, 2.45) is 7.05 Å². The highest BCUT2D eigenvalue weighted by atomic mass is 35.5. The van der Waals surface area contributed by atoms with Crippen molar-refractivity contribution in [3.63, 3.8) is 0 Å². The fraction of sp³-hybridized carbons (Fsp3) is 0.143. The van der Waals surface area contributed by atoms with E-state index < -0.39 is 0 Å². The molecule has 0 spiro atoms. The van der Waals surface area contributed by atoms with Gasteiger partial charge in [0.25, 0.3) is 0 Å². The second-order valence-corrected chi connectivity index (χ2v) is 6.80. The summed E-state index contributed by atoms with van der Waals surface area (Å²) < 4.78 is 2.09. The molecule has 2 N–H and O–H groups in total. The van der Waals surface area contributed by atoms with Crippen LogP contribution < -0.4 is 10.3 Å². The number of anilines is 1. The monoisotopic (exact) mass is 349 g/mol. The number of carbonyl (C=O) groups is 1. The molecule has 0 radical (unpaired) electrons. The van der Waals surface area contributed by atoms with Gasteiger partial charge < -0.3 is 5.73 Å². The minimum Gasteiger partial charge on any atom is -0.397 e. The van der Waals surface area contributed by atoms with E-state index in [4.69, 9.17) is 17.3 Å². The van der Waals surface area contributed by atoms with Crippen LogP contribution in [0.5, 0.6) is 0 Å². The second-order valence-electron chi connectivity index (χ2n) is 6.37. The van der Waals surface area contributed by atoms with Gasteiger partial charge in [0.1, 0.15) is 12.6 Å². The summed E-state index contributed by atoms with van der Waals surface area (Å²) in [7, 11) is 2.00. The first kappa shape index (κ1) is 15.9. The smallest absolute Gasteiger partial charge is 0.214 e. The van der Waals surface area contributed by atoms with Crippen molar-refractivity contribution in [1.29, 1.82) is 0 Å². The minimum absolute atomic E-state index is 0.0140. The Labute approximate surface area is 151 Å². The van der Waals surface area contributed by atoms with Crippen LogP contribution in [0.1, 0.15) is 28.0 Å². The normalized spacial score (nSPS) is 15.6. The van der Waals surface area contributed by atoms with E-state index in [2.05, 4.69) is 4.57 Å². The number of benzene rings is 2. The first-order chi connectivity index (χ1) is 12.1. The number of nitrogens with zero attached hydrogens (tertiary/aromatic N) is 1. The van der Waals surface area contributed by atoms with Crippen LogP contribution in [0.25, 0.3) is 17.0 Å². The van der Waals surface area contributed by atoms with Crippen molar-refractivity contribution < 1.29 is 9.36 Å². The van der Waals surface area contributed by atoms with E-state index >= 15 is 0 Å². The minimum atomic E-state index is 0.0140. The van der Waals surface area contributed by atoms with Crippen LogP contribution in [-0.2, 0) is 13.5 Å². The van der Waals surface area contributed by atoms with Crippen molar-refractivity contribution in [3.05, 3.63) is 75.9 Å². The van der Waals surface area contributed by atoms with Gasteiger partial charge in [-0.1, -0.05) is 35.9 Å². The molecule has 0 unspecified atom stereocenters. The zero-order chi connectivity index (χ0) is 17.6. The first-order valence-corrected chi connectivity index (χ1v) is 8.64. The van der Waals surface area contributed by atoms with Gasteiger partial charge in [0.2, 0.25) is 5.52 Å². The van der Waals surface area contributed by atoms with Gasteiger partial charge in [-0.15, -0.1) is 0 Å². The number of hydrogen-bond acceptors (Lipinski definition) is 2. The SMILES string of the molecule is C[n+]1c2c(c(N)c3ccccc31)C(=O)/C(=C/c1cccc(Cl)c1)CC2. The number of ketones is 1. The Morgan fingerprint density at radius 3 is 2.72 bits per heavy atom. The van der Waals surface area contributed by atoms with Crippen LogP contribution in [0.4, 0.5) is 5.69 Å². The highest BCUT2D eigenvalue weighted by molar-refractivity contribution is 6.30. The van der Waals surface area contributed by atoms with Gasteiger partial charge in [0.15, 0.2) is 11.5 Å². The Balaban J connectivity index is 1.88. The standard InChI is InChI=1S/C21H17ClN2O/c1-24-17-8-3-2-7-16(17)20(23)19-18(24)10-9-14(21(19)25)11-13-5-4-6-15(22)12-13/h2-8,11-12,23H,9-10H2,1H3/p+1/b14-11+. The molecule has 0 aliphatic heterocycles. The Hall–Kier alpha value is -2.65. The van der Waals surface area contributed by atoms with E-state index in [-0.39, 0.29) is 5.78 Å². The van der Waals surface area contributed by atoms with Crippen molar-refractivity contribution >= 4 is 40.1 Å². The molecule has 1 heterocycles. The molecular weight excluding hydrogens is 332 g/mol. The molecular formula is C21H18ClN2O+. The first-order valence-electron chi connectivity index (χ1n) is 8.26. The molecule has 3 aromatic rings. The molecule has 1 aliphatic carbocycles. The van der Waals surface area contributed by atoms with Crippen LogP contribution in [-0.4, -0.2) is 5.78 Å². The molecule has 0 amide bonds. The summed E-state index contributed by atoms with van der Waals surface area (Å²) in [5.41, 5.74) is 11.4. The summed E-state index contributed by atoms with van der Waals surface area (Å²) in [6, 6.07) is 15.5. The summed E-state index contributed by atoms with van der Waals surface area (Å²) in [6.45, 7) is 0. The second kappa shape index (κ2) is 6.01. The number of para-hydroxylation sites is 1. The van der Waals surface area contributed by atoms with E-state index in [1.54, 1.807) is 0 Å². The average Bonchev–Trinajstić information content (AvgIpc) is 2.61. The lowest BCUT2D eigenvalue weighted by molar-refractivity contribution is -0.653. The van der Waals surface area contributed by atoms with Gasteiger partial charge in [-0.05, 0) is 36.3 Å². The van der Waals surface area contributed by atoms with E-state index in [1.165, 1.54) is 0 Å². The largest absolute Gasteiger partial charge is 0.397 e. The van der Waals surface area contributed by atoms with Crippen molar-refractivity contribution in [3.8, 4) is 0 Å². The predicted molar refractivity (Wildman–Crippen MR) is 102 cm³/mol. The third-order valence-corrected chi connectivity index (χ3v) is 5.09. The number of pyridine rings is 1. The number of allylic oxidation sites excluding steroid dienone is 1. The predicted octanol–water partition coefficient (Wildman–Crippen LogP) is 4.11. The number of rotatable bonds is 1. The summed E-state index contributed by atoms with van der Waals surface area (Å²) in [5, 5.41) is 1.58. The molecule has 4 heteroatoms. The maximum atomic E-state index is 13.1. The number of nitrogen functional groups attached to an aromatic ring is 1. The molecule has 1 aromatic heterocycles. The average molecular weight is 350 g/mol. The fourth-order valence-electron chi connectivity index (χ4n) is 3.61. The fourth-order valence-corrected chi connectivity index (χ4v) is 3.80. The van der Waals surface area contributed by atoms with Crippen molar-refractivity contribution in [2.75, 3.05) is 5.73 Å². The summed E-state index contributed by atoms with van der Waals surface area (Å²) in [5.74, 6) is 0.0140. The van der Waals surface area contributed by atoms with Gasteiger partial charge in [0.05, 0.1) is 11.1 Å². The highest BCUT2D eigenvalue weighted by Crippen LogP contribution is 2.32. The Morgan fingerprint density at radius 2 is 1.92 bits per heavy atom. The molecule has 25 heavy (non-hydrogen) atoms. The highest BCUT2D eigenvalue weighted by Gasteiger charge is 2.32. The number of hydrogen-bond donors (Lipinski definition) is 1. The molecule has 2 aromatic carbocycles. The van der Waals surface area contributed by atoms with Crippen molar-refractivity contribution in [2.45, 2.75) is 12.8 Å². The van der Waals surface area contributed by atoms with E-state index in [0.29, 0.717) is 22.7 Å². The number of Topliss-reactive ketones (excluding diaryl/α,β-unsaturated/α-hetero) is 1. The van der Waals surface area contributed by atoms with Gasteiger partial charge in [-0.2, -0.15) is 4.57 Å². The maximum Gasteiger partial charge on any atom is 0.214 e. The topological polar surface area (TPSA) is 47.0 Å². The molecule has 0 fully saturated rings. The van der Waals surface area contributed by atoms with Crippen LogP contribution in [0.15, 0.2) is 54.1 Å². The summed E-state index contributed by atoms with van der Waals surface area (Å²) in [6.07, 6.45) is 3.41. The molecule has 4 rings (SSSR count). The third kappa shape index (κ3) is 2.61. The Morgan fingerprint density at radius 1 is 1.12 bits per heavy atom. The number of aryl methyl sites for hydroxylation is 1. The zero-order valence-corrected chi connectivity index (χ0v) is 14.7. The molecule has 3 nitrogen and oxygen atoms in total. The molecule has 0 saturated heterocycles. The summed E-state index contributed by atoms with van der Waals surface area (Å²) >= 11 is 6.05. The summed E-state index contributed by atoms with van der Waals surface area (Å²) in [4.78, 5) is 13.1. The molecule has 124 valence electrons.